The first-order valence-corrected chi connectivity index (χ1v) is 9.88. The fourth-order valence-electron chi connectivity index (χ4n) is 2.24. The van der Waals surface area contributed by atoms with Crippen LogP contribution in [0.4, 0.5) is 10.3 Å². The summed E-state index contributed by atoms with van der Waals surface area (Å²) >= 11 is 2.70. The fraction of sp³-hybridized carbons (Fsp3) is 0.222. The van der Waals surface area contributed by atoms with Gasteiger partial charge in [0.05, 0.1) is 23.4 Å². The summed E-state index contributed by atoms with van der Waals surface area (Å²) in [6.07, 6.45) is 0.399. The van der Waals surface area contributed by atoms with Crippen molar-refractivity contribution in [2.24, 2.45) is 0 Å². The Labute approximate surface area is 164 Å². The first-order valence-electron chi connectivity index (χ1n) is 8.18. The fourth-order valence-corrected chi connectivity index (χ4v) is 3.96. The van der Waals surface area contributed by atoms with Gasteiger partial charge in [-0.25, -0.2) is 9.97 Å². The number of aromatic nitrogens is 2. The third-order valence-corrected chi connectivity index (χ3v) is 5.53. The minimum absolute atomic E-state index is 0.0793. The van der Waals surface area contributed by atoms with Gasteiger partial charge >= 0.3 is 0 Å². The molecule has 0 fully saturated rings. The van der Waals surface area contributed by atoms with Crippen molar-refractivity contribution >= 4 is 44.8 Å². The average Bonchev–Trinajstić information content (AvgIpc) is 3.27. The van der Waals surface area contributed by atoms with Gasteiger partial charge in [-0.05, 0) is 31.2 Å². The summed E-state index contributed by atoms with van der Waals surface area (Å²) in [7, 11) is 1.58. The summed E-state index contributed by atoms with van der Waals surface area (Å²) < 4.78 is 5.09. The Morgan fingerprint density at radius 3 is 2.52 bits per heavy atom. The van der Waals surface area contributed by atoms with Crippen LogP contribution in [0.1, 0.15) is 29.4 Å². The topological polar surface area (TPSA) is 93.2 Å². The SMILES string of the molecule is CCC(=O)Nc1nc(-c2sc(NC(=O)c3ccc(OC)cc3)nc2C)cs1. The van der Waals surface area contributed by atoms with Crippen LogP contribution in [-0.2, 0) is 4.79 Å². The van der Waals surface area contributed by atoms with Crippen LogP contribution in [0.5, 0.6) is 5.75 Å². The van der Waals surface area contributed by atoms with E-state index in [0.717, 1.165) is 16.3 Å². The number of methoxy groups -OCH3 is 1. The van der Waals surface area contributed by atoms with Crippen molar-refractivity contribution in [3.05, 3.63) is 40.9 Å². The normalized spacial score (nSPS) is 10.5. The van der Waals surface area contributed by atoms with Crippen LogP contribution >= 0.6 is 22.7 Å². The first-order chi connectivity index (χ1) is 13.0. The monoisotopic (exact) mass is 402 g/mol. The lowest BCUT2D eigenvalue weighted by molar-refractivity contribution is -0.115. The number of thiazole rings is 2. The van der Waals surface area contributed by atoms with Crippen molar-refractivity contribution in [2.45, 2.75) is 20.3 Å². The molecule has 0 unspecified atom stereocenters. The summed E-state index contributed by atoms with van der Waals surface area (Å²) in [6.45, 7) is 3.65. The lowest BCUT2D eigenvalue weighted by Crippen LogP contribution is -2.11. The zero-order valence-electron chi connectivity index (χ0n) is 15.0. The Morgan fingerprint density at radius 2 is 1.85 bits per heavy atom. The van der Waals surface area contributed by atoms with Gasteiger partial charge < -0.3 is 10.1 Å². The number of hydrogen-bond acceptors (Lipinski definition) is 7. The maximum absolute atomic E-state index is 12.4. The Bertz CT molecular complexity index is 963. The summed E-state index contributed by atoms with van der Waals surface area (Å²) in [4.78, 5) is 33.6. The van der Waals surface area contributed by atoms with E-state index in [-0.39, 0.29) is 11.8 Å². The molecular weight excluding hydrogens is 384 g/mol. The Hall–Kier alpha value is -2.78. The van der Waals surface area contributed by atoms with Crippen molar-refractivity contribution in [1.82, 2.24) is 9.97 Å². The lowest BCUT2D eigenvalue weighted by Gasteiger charge is -2.03. The van der Waals surface area contributed by atoms with Gasteiger partial charge in [-0.3, -0.25) is 14.9 Å². The van der Waals surface area contributed by atoms with Crippen molar-refractivity contribution in [3.8, 4) is 16.3 Å². The molecule has 9 heteroatoms. The number of aryl methyl sites for hydroxylation is 1. The maximum atomic E-state index is 12.4. The smallest absolute Gasteiger partial charge is 0.257 e. The number of nitrogens with one attached hydrogen (secondary N) is 2. The van der Waals surface area contributed by atoms with Gasteiger partial charge in [0.2, 0.25) is 5.91 Å². The largest absolute Gasteiger partial charge is 0.497 e. The standard InChI is InChI=1S/C18H18N4O3S2/c1-4-14(23)21-17-20-13(9-26-17)15-10(2)19-18(27-15)22-16(24)11-5-7-12(25-3)8-6-11/h5-9H,4H2,1-3H3,(H,19,22,24)(H,20,21,23). The highest BCUT2D eigenvalue weighted by Crippen LogP contribution is 2.34. The molecule has 0 saturated heterocycles. The quantitative estimate of drug-likeness (QED) is 0.645. The van der Waals surface area contributed by atoms with Crippen LogP contribution in [0.15, 0.2) is 29.6 Å². The molecule has 0 aliphatic heterocycles. The molecule has 7 nitrogen and oxygen atoms in total. The molecule has 0 saturated carbocycles. The van der Waals surface area contributed by atoms with Crippen LogP contribution in [-0.4, -0.2) is 28.9 Å². The predicted molar refractivity (Wildman–Crippen MR) is 108 cm³/mol. The molecule has 0 atom stereocenters. The minimum atomic E-state index is -0.243. The molecule has 2 aromatic heterocycles. The van der Waals surface area contributed by atoms with Crippen LogP contribution in [0.3, 0.4) is 0 Å². The summed E-state index contributed by atoms with van der Waals surface area (Å²) in [5.74, 6) is 0.366. The second kappa shape index (κ2) is 8.28. The highest BCUT2D eigenvalue weighted by atomic mass is 32.1. The molecule has 1 aromatic carbocycles. The lowest BCUT2D eigenvalue weighted by atomic mass is 10.2. The molecule has 0 bridgehead atoms. The maximum Gasteiger partial charge on any atom is 0.257 e. The molecule has 0 spiro atoms. The molecular formula is C18H18N4O3S2. The van der Waals surface area contributed by atoms with Gasteiger partial charge in [0.15, 0.2) is 10.3 Å². The third-order valence-electron chi connectivity index (χ3n) is 3.67. The highest BCUT2D eigenvalue weighted by molar-refractivity contribution is 7.20. The number of benzene rings is 1. The van der Waals surface area contributed by atoms with E-state index in [1.165, 1.54) is 22.7 Å². The molecule has 2 heterocycles. The zero-order chi connectivity index (χ0) is 19.4. The average molecular weight is 403 g/mol. The van der Waals surface area contributed by atoms with Crippen molar-refractivity contribution in [1.29, 1.82) is 0 Å². The number of hydrogen-bond donors (Lipinski definition) is 2. The van der Waals surface area contributed by atoms with E-state index in [4.69, 9.17) is 4.74 Å². The van der Waals surface area contributed by atoms with Gasteiger partial charge in [-0.2, -0.15) is 0 Å². The third kappa shape index (κ3) is 4.50. The summed E-state index contributed by atoms with van der Waals surface area (Å²) in [6, 6.07) is 6.85. The highest BCUT2D eigenvalue weighted by Gasteiger charge is 2.16. The minimum Gasteiger partial charge on any atom is -0.497 e. The number of anilines is 2. The number of carbonyl (C=O) groups excluding carboxylic acids is 2. The zero-order valence-corrected chi connectivity index (χ0v) is 16.7. The van der Waals surface area contributed by atoms with E-state index in [1.807, 2.05) is 12.3 Å². The van der Waals surface area contributed by atoms with Gasteiger partial charge in [-0.1, -0.05) is 18.3 Å². The van der Waals surface area contributed by atoms with E-state index in [9.17, 15) is 9.59 Å². The molecule has 3 rings (SSSR count). The molecule has 2 N–H and O–H groups in total. The van der Waals surface area contributed by atoms with E-state index in [2.05, 4.69) is 20.6 Å². The van der Waals surface area contributed by atoms with E-state index in [1.54, 1.807) is 38.3 Å². The number of ether oxygens (including phenoxy) is 1. The van der Waals surface area contributed by atoms with Crippen LogP contribution in [0.2, 0.25) is 0 Å². The molecule has 3 aromatic rings. The Morgan fingerprint density at radius 1 is 1.11 bits per heavy atom. The Kier molecular flexibility index (Phi) is 5.82. The summed E-state index contributed by atoms with van der Waals surface area (Å²) in [5.41, 5.74) is 2.01. The van der Waals surface area contributed by atoms with E-state index < -0.39 is 0 Å². The van der Waals surface area contributed by atoms with E-state index >= 15 is 0 Å². The number of rotatable bonds is 6. The van der Waals surface area contributed by atoms with Crippen molar-refractivity contribution < 1.29 is 14.3 Å². The second-order valence-corrected chi connectivity index (χ2v) is 7.41. The van der Waals surface area contributed by atoms with E-state index in [0.29, 0.717) is 28.0 Å². The molecule has 0 aliphatic carbocycles. The first kappa shape index (κ1) is 19.0. The molecule has 2 amide bonds. The predicted octanol–water partition coefficient (Wildman–Crippen LogP) is 4.18. The van der Waals surface area contributed by atoms with Gasteiger partial charge in [0, 0.05) is 17.4 Å². The molecule has 0 radical (unpaired) electrons. The second-order valence-electron chi connectivity index (χ2n) is 5.56. The van der Waals surface area contributed by atoms with Gasteiger partial charge in [-0.15, -0.1) is 11.3 Å². The van der Waals surface area contributed by atoms with Crippen LogP contribution < -0.4 is 15.4 Å². The number of amides is 2. The molecule has 27 heavy (non-hydrogen) atoms. The van der Waals surface area contributed by atoms with Gasteiger partial charge in [0.1, 0.15) is 5.75 Å². The number of carbonyl (C=O) groups is 2. The summed E-state index contributed by atoms with van der Waals surface area (Å²) in [5, 5.41) is 8.46. The molecule has 0 aliphatic rings. The molecule has 140 valence electrons. The van der Waals surface area contributed by atoms with Crippen LogP contribution in [0, 0.1) is 6.92 Å². The van der Waals surface area contributed by atoms with Gasteiger partial charge in [0.25, 0.3) is 5.91 Å². The van der Waals surface area contributed by atoms with Crippen LogP contribution in [0.25, 0.3) is 10.6 Å². The Balaban J connectivity index is 1.74. The van der Waals surface area contributed by atoms with Crippen molar-refractivity contribution in [3.63, 3.8) is 0 Å². The number of nitrogens with zero attached hydrogens (tertiary/aromatic N) is 2. The van der Waals surface area contributed by atoms with Crippen molar-refractivity contribution in [2.75, 3.05) is 17.7 Å².